The number of aliphatic hydroxyl groups is 1. The summed E-state index contributed by atoms with van der Waals surface area (Å²) in [5, 5.41) is 21.1. The number of amides is 2. The van der Waals surface area contributed by atoms with Crippen LogP contribution in [0.25, 0.3) is 0 Å². The van der Waals surface area contributed by atoms with Crippen molar-refractivity contribution >= 4 is 6.03 Å². The zero-order chi connectivity index (χ0) is 27.9. The van der Waals surface area contributed by atoms with E-state index in [0.29, 0.717) is 25.1 Å². The van der Waals surface area contributed by atoms with Crippen LogP contribution in [0, 0.1) is 11.3 Å². The molecule has 2 heterocycles. The van der Waals surface area contributed by atoms with Gasteiger partial charge in [0.2, 0.25) is 0 Å². The lowest BCUT2D eigenvalue weighted by Gasteiger charge is -2.47. The van der Waals surface area contributed by atoms with Gasteiger partial charge in [0.15, 0.2) is 0 Å². The minimum Gasteiger partial charge on any atom is -0.391 e. The Balaban J connectivity index is 1.25. The number of nitrogens with zero attached hydrogens (tertiary/aromatic N) is 2. The van der Waals surface area contributed by atoms with Crippen molar-refractivity contribution in [1.82, 2.24) is 20.7 Å². The Labute approximate surface area is 226 Å². The number of alkyl halides is 4. The summed E-state index contributed by atoms with van der Waals surface area (Å²) in [5.74, 6) is -0.183. The van der Waals surface area contributed by atoms with Gasteiger partial charge in [-0.1, -0.05) is 31.8 Å². The van der Waals surface area contributed by atoms with E-state index in [0.717, 1.165) is 25.7 Å². The van der Waals surface area contributed by atoms with Crippen molar-refractivity contribution in [3.05, 3.63) is 18.0 Å². The van der Waals surface area contributed by atoms with Crippen LogP contribution in [0.5, 0.6) is 0 Å². The van der Waals surface area contributed by atoms with Crippen molar-refractivity contribution in [2.75, 3.05) is 6.54 Å². The second kappa shape index (κ2) is 11.2. The lowest BCUT2D eigenvalue weighted by Crippen LogP contribution is -2.60. The molecular weight excluding hydrogens is 520 g/mol. The molecule has 4 aliphatic rings. The number of likely N-dealkylation sites (tertiary alicyclic amines) is 1. The van der Waals surface area contributed by atoms with Crippen molar-refractivity contribution in [2.45, 2.75) is 126 Å². The van der Waals surface area contributed by atoms with Crippen LogP contribution in [0.3, 0.4) is 0 Å². The molecule has 7 unspecified atom stereocenters. The van der Waals surface area contributed by atoms with E-state index in [2.05, 4.69) is 39.3 Å². The monoisotopic (exact) mass is 560 g/mol. The standard InChI is InChI=1S/C27H40F4N4O4/c1-26(2)14-35(24-20(36)13-17(28)22(23(24)26)21-11-12-32-39-21)19-6-4-3-5-18(19)34-25(37)33-15-7-9-16(10-8-15)38-27(29,30)31/h11-12,15-20,22-24,36H,3-10,13-14H2,1-2H3,(H2,33,34,37). The molecule has 1 aromatic rings. The molecule has 1 aliphatic heterocycles. The number of halogens is 4. The van der Waals surface area contributed by atoms with Gasteiger partial charge in [-0.3, -0.25) is 9.64 Å². The van der Waals surface area contributed by atoms with Crippen molar-refractivity contribution in [1.29, 1.82) is 0 Å². The van der Waals surface area contributed by atoms with E-state index >= 15 is 4.39 Å². The number of aromatic nitrogens is 1. The number of hydrogen-bond acceptors (Lipinski definition) is 6. The molecule has 0 bridgehead atoms. The van der Waals surface area contributed by atoms with Gasteiger partial charge in [0.25, 0.3) is 0 Å². The number of carbonyl (C=O) groups excluding carboxylic acids is 1. The van der Waals surface area contributed by atoms with Gasteiger partial charge in [-0.05, 0) is 49.9 Å². The Morgan fingerprint density at radius 1 is 1.15 bits per heavy atom. The third-order valence-corrected chi connectivity index (χ3v) is 9.45. The van der Waals surface area contributed by atoms with E-state index in [-0.39, 0.29) is 60.8 Å². The zero-order valence-corrected chi connectivity index (χ0v) is 22.5. The van der Waals surface area contributed by atoms with E-state index in [9.17, 15) is 23.1 Å². The van der Waals surface area contributed by atoms with Gasteiger partial charge >= 0.3 is 12.4 Å². The molecule has 3 aliphatic carbocycles. The Kier molecular flexibility index (Phi) is 8.18. The van der Waals surface area contributed by atoms with Gasteiger partial charge in [-0.15, -0.1) is 13.2 Å². The molecule has 0 radical (unpaired) electrons. The quantitative estimate of drug-likeness (QED) is 0.454. The van der Waals surface area contributed by atoms with Crippen LogP contribution in [-0.4, -0.2) is 76.6 Å². The molecule has 2 amide bonds. The minimum atomic E-state index is -4.65. The predicted octanol–water partition coefficient (Wildman–Crippen LogP) is 4.65. The Morgan fingerprint density at radius 2 is 1.87 bits per heavy atom. The van der Waals surface area contributed by atoms with Crippen molar-refractivity contribution < 1.29 is 36.7 Å². The first-order chi connectivity index (χ1) is 18.4. The van der Waals surface area contributed by atoms with Gasteiger partial charge in [0.05, 0.1) is 24.3 Å². The molecule has 7 atom stereocenters. The fourth-order valence-electron chi connectivity index (χ4n) is 7.93. The second-order valence-corrected chi connectivity index (χ2v) is 12.6. The number of ether oxygens (including phenoxy) is 1. The molecule has 220 valence electrons. The molecule has 0 aromatic carbocycles. The van der Waals surface area contributed by atoms with Crippen molar-refractivity contribution in [3.63, 3.8) is 0 Å². The number of fused-ring (bicyclic) bond motifs is 1. The summed E-state index contributed by atoms with van der Waals surface area (Å²) in [6.07, 6.45) is -1.13. The Hall–Kier alpha value is -1.92. The highest BCUT2D eigenvalue weighted by Crippen LogP contribution is 2.55. The summed E-state index contributed by atoms with van der Waals surface area (Å²) in [7, 11) is 0. The Morgan fingerprint density at radius 3 is 2.54 bits per heavy atom. The summed E-state index contributed by atoms with van der Waals surface area (Å²) in [5.41, 5.74) is -0.310. The number of nitrogens with one attached hydrogen (secondary N) is 2. The van der Waals surface area contributed by atoms with Crippen LogP contribution in [0.4, 0.5) is 22.4 Å². The van der Waals surface area contributed by atoms with Gasteiger partial charge in [0.1, 0.15) is 11.9 Å². The van der Waals surface area contributed by atoms with Crippen LogP contribution in [0.1, 0.15) is 83.3 Å². The topological polar surface area (TPSA) is 99.9 Å². The smallest absolute Gasteiger partial charge is 0.391 e. The molecule has 3 N–H and O–H groups in total. The average molecular weight is 561 g/mol. The largest absolute Gasteiger partial charge is 0.522 e. The van der Waals surface area contributed by atoms with Gasteiger partial charge in [-0.25, -0.2) is 9.18 Å². The second-order valence-electron chi connectivity index (χ2n) is 12.6. The van der Waals surface area contributed by atoms with Gasteiger partial charge < -0.3 is 20.3 Å². The minimum absolute atomic E-state index is 0.0177. The van der Waals surface area contributed by atoms with Crippen LogP contribution < -0.4 is 10.6 Å². The molecule has 1 saturated heterocycles. The molecule has 39 heavy (non-hydrogen) atoms. The first-order valence-electron chi connectivity index (χ1n) is 14.2. The zero-order valence-electron chi connectivity index (χ0n) is 22.5. The van der Waals surface area contributed by atoms with Crippen LogP contribution in [0.2, 0.25) is 0 Å². The number of rotatable bonds is 5. The molecule has 3 saturated carbocycles. The number of urea groups is 1. The SMILES string of the molecule is CC1(C)CN(C2CCCCC2NC(=O)NC2CCC(OC(F)(F)F)CC2)C2C(O)CC(F)C(c3ccno3)C21. The van der Waals surface area contributed by atoms with E-state index in [1.807, 2.05) is 0 Å². The normalized spacial score (nSPS) is 39.2. The van der Waals surface area contributed by atoms with Crippen LogP contribution in [-0.2, 0) is 4.74 Å². The predicted molar refractivity (Wildman–Crippen MR) is 133 cm³/mol. The first-order valence-corrected chi connectivity index (χ1v) is 14.2. The van der Waals surface area contributed by atoms with Crippen molar-refractivity contribution in [2.24, 2.45) is 11.3 Å². The van der Waals surface area contributed by atoms with E-state index in [4.69, 9.17) is 4.52 Å². The Bertz CT molecular complexity index is 969. The molecule has 5 rings (SSSR count). The third-order valence-electron chi connectivity index (χ3n) is 9.45. The fourth-order valence-corrected chi connectivity index (χ4v) is 7.93. The average Bonchev–Trinajstić information content (AvgIpc) is 3.47. The number of hydrogen-bond donors (Lipinski definition) is 3. The number of aliphatic hydroxyl groups excluding tert-OH is 1. The van der Waals surface area contributed by atoms with E-state index in [1.54, 1.807) is 6.07 Å². The molecule has 0 spiro atoms. The maximum Gasteiger partial charge on any atom is 0.522 e. The maximum absolute atomic E-state index is 15.4. The summed E-state index contributed by atoms with van der Waals surface area (Å²) < 4.78 is 62.5. The highest BCUT2D eigenvalue weighted by molar-refractivity contribution is 5.74. The van der Waals surface area contributed by atoms with Gasteiger partial charge in [0, 0.05) is 43.2 Å². The van der Waals surface area contributed by atoms with E-state index in [1.165, 1.54) is 6.20 Å². The summed E-state index contributed by atoms with van der Waals surface area (Å²) in [4.78, 5) is 15.3. The lowest BCUT2D eigenvalue weighted by molar-refractivity contribution is -0.345. The van der Waals surface area contributed by atoms with E-state index < -0.39 is 30.7 Å². The number of carbonyl (C=O) groups is 1. The molecule has 4 fully saturated rings. The first kappa shape index (κ1) is 28.6. The summed E-state index contributed by atoms with van der Waals surface area (Å²) in [6.45, 7) is 4.87. The maximum atomic E-state index is 15.4. The highest BCUT2D eigenvalue weighted by Gasteiger charge is 2.60. The highest BCUT2D eigenvalue weighted by atomic mass is 19.4. The van der Waals surface area contributed by atoms with Crippen LogP contribution >= 0.6 is 0 Å². The van der Waals surface area contributed by atoms with Crippen LogP contribution in [0.15, 0.2) is 16.8 Å². The molecular formula is C27H40F4N4O4. The van der Waals surface area contributed by atoms with Gasteiger partial charge in [-0.2, -0.15) is 0 Å². The molecule has 1 aromatic heterocycles. The summed E-state index contributed by atoms with van der Waals surface area (Å²) in [6, 6.07) is 0.728. The molecule has 12 heteroatoms. The third kappa shape index (κ3) is 6.22. The molecule has 8 nitrogen and oxygen atoms in total. The summed E-state index contributed by atoms with van der Waals surface area (Å²) >= 11 is 0. The van der Waals surface area contributed by atoms with Crippen molar-refractivity contribution in [3.8, 4) is 0 Å². The fraction of sp³-hybridized carbons (Fsp3) is 0.852. The lowest BCUT2D eigenvalue weighted by atomic mass is 9.63.